The molecule has 1 heterocycles. The van der Waals surface area contributed by atoms with E-state index in [-0.39, 0.29) is 0 Å². The van der Waals surface area contributed by atoms with Crippen molar-refractivity contribution in [3.05, 3.63) is 24.3 Å². The number of rotatable bonds is 8. The molecule has 1 aromatic carbocycles. The zero-order chi connectivity index (χ0) is 14.9. The monoisotopic (exact) mass is 293 g/mol. The minimum absolute atomic E-state index is 0.397. The van der Waals surface area contributed by atoms with Gasteiger partial charge in [0.25, 0.3) is 0 Å². The molecule has 0 spiro atoms. The topological polar surface area (TPSA) is 30.9 Å². The predicted octanol–water partition coefficient (Wildman–Crippen LogP) is 2.97. The van der Waals surface area contributed by atoms with Crippen LogP contribution in [0.3, 0.4) is 0 Å². The first-order valence-electron chi connectivity index (χ1n) is 7.93. The molecular weight excluding hydrogens is 266 g/mol. The van der Waals surface area contributed by atoms with Crippen LogP contribution in [0.1, 0.15) is 26.2 Å². The van der Waals surface area contributed by atoms with Crippen LogP contribution < -0.4 is 9.47 Å². The van der Waals surface area contributed by atoms with Gasteiger partial charge in [0.1, 0.15) is 18.1 Å². The lowest BCUT2D eigenvalue weighted by Crippen LogP contribution is -2.35. The van der Waals surface area contributed by atoms with Gasteiger partial charge >= 0.3 is 0 Å². The minimum Gasteiger partial charge on any atom is -0.494 e. The van der Waals surface area contributed by atoms with Gasteiger partial charge in [0.2, 0.25) is 0 Å². The molecule has 118 valence electrons. The summed E-state index contributed by atoms with van der Waals surface area (Å²) in [7, 11) is 2.12. The molecule has 0 aliphatic carbocycles. The predicted molar refractivity (Wildman–Crippen MR) is 84.2 cm³/mol. The van der Waals surface area contributed by atoms with Gasteiger partial charge in [-0.15, -0.1) is 0 Å². The molecule has 1 aromatic rings. The number of benzene rings is 1. The Morgan fingerprint density at radius 2 is 1.86 bits per heavy atom. The average Bonchev–Trinajstić information content (AvgIpc) is 2.50. The molecule has 0 amide bonds. The number of nitrogens with zero attached hydrogens (tertiary/aromatic N) is 1. The van der Waals surface area contributed by atoms with E-state index in [4.69, 9.17) is 14.2 Å². The Labute approximate surface area is 128 Å². The fraction of sp³-hybridized carbons (Fsp3) is 0.647. The van der Waals surface area contributed by atoms with Crippen LogP contribution in [0.4, 0.5) is 0 Å². The molecule has 0 N–H and O–H groups in total. The molecule has 2 rings (SSSR count). The second-order valence-corrected chi connectivity index (χ2v) is 5.50. The van der Waals surface area contributed by atoms with Crippen molar-refractivity contribution in [2.75, 3.05) is 40.0 Å². The largest absolute Gasteiger partial charge is 0.494 e. The van der Waals surface area contributed by atoms with Crippen molar-refractivity contribution < 1.29 is 14.2 Å². The fourth-order valence-corrected chi connectivity index (χ4v) is 2.51. The maximum atomic E-state index is 5.76. The summed E-state index contributed by atoms with van der Waals surface area (Å²) in [5, 5.41) is 0. The zero-order valence-electron chi connectivity index (χ0n) is 13.2. The molecule has 0 bridgehead atoms. The first-order chi connectivity index (χ1) is 10.3. The molecule has 1 atom stereocenters. The van der Waals surface area contributed by atoms with Crippen LogP contribution in [0.25, 0.3) is 0 Å². The van der Waals surface area contributed by atoms with Crippen molar-refractivity contribution in [2.45, 2.75) is 32.3 Å². The second-order valence-electron chi connectivity index (χ2n) is 5.50. The van der Waals surface area contributed by atoms with Crippen LogP contribution in [0, 0.1) is 0 Å². The summed E-state index contributed by atoms with van der Waals surface area (Å²) in [6.07, 6.45) is 4.08. The van der Waals surface area contributed by atoms with E-state index >= 15 is 0 Å². The third-order valence-corrected chi connectivity index (χ3v) is 3.67. The van der Waals surface area contributed by atoms with Gasteiger partial charge in [-0.05, 0) is 57.5 Å². The Morgan fingerprint density at radius 3 is 2.48 bits per heavy atom. The highest BCUT2D eigenvalue weighted by atomic mass is 16.5. The Kier molecular flexibility index (Phi) is 6.83. The third-order valence-electron chi connectivity index (χ3n) is 3.67. The maximum absolute atomic E-state index is 5.76. The molecule has 1 aliphatic heterocycles. The molecule has 0 aromatic heterocycles. The van der Waals surface area contributed by atoms with Gasteiger partial charge in [0.05, 0.1) is 12.7 Å². The van der Waals surface area contributed by atoms with Crippen molar-refractivity contribution in [3.63, 3.8) is 0 Å². The molecule has 1 aliphatic rings. The van der Waals surface area contributed by atoms with Crippen LogP contribution in [-0.2, 0) is 4.74 Å². The van der Waals surface area contributed by atoms with Gasteiger partial charge in [-0.2, -0.15) is 0 Å². The Morgan fingerprint density at radius 1 is 1.14 bits per heavy atom. The second kappa shape index (κ2) is 8.90. The minimum atomic E-state index is 0.397. The van der Waals surface area contributed by atoms with Crippen molar-refractivity contribution in [1.29, 1.82) is 0 Å². The maximum Gasteiger partial charge on any atom is 0.119 e. The van der Waals surface area contributed by atoms with E-state index in [2.05, 4.69) is 11.9 Å². The van der Waals surface area contributed by atoms with Crippen LogP contribution in [-0.4, -0.2) is 51.0 Å². The molecule has 1 unspecified atom stereocenters. The van der Waals surface area contributed by atoms with E-state index in [0.29, 0.717) is 19.3 Å². The fourth-order valence-electron chi connectivity index (χ4n) is 2.51. The Balaban J connectivity index is 1.63. The number of ether oxygens (including phenoxy) is 3. The number of hydrogen-bond acceptors (Lipinski definition) is 4. The number of hydrogen-bond donors (Lipinski definition) is 0. The molecule has 1 fully saturated rings. The molecule has 4 nitrogen and oxygen atoms in total. The molecular formula is C17H27NO3. The molecule has 1 saturated heterocycles. The van der Waals surface area contributed by atoms with E-state index in [0.717, 1.165) is 31.2 Å². The summed E-state index contributed by atoms with van der Waals surface area (Å²) in [4.78, 5) is 2.28. The standard InChI is InChI=1S/C17H27NO3/c1-3-19-15-7-9-16(10-8-15)21-13-11-18(2)14-17-6-4-5-12-20-17/h7-10,17H,3-6,11-14H2,1-2H3. The Hall–Kier alpha value is -1.26. The normalized spacial score (nSPS) is 18.7. The van der Waals surface area contributed by atoms with Gasteiger partial charge in [-0.1, -0.05) is 0 Å². The summed E-state index contributed by atoms with van der Waals surface area (Å²) in [6, 6.07) is 7.79. The van der Waals surface area contributed by atoms with Crippen LogP contribution >= 0.6 is 0 Å². The SMILES string of the molecule is CCOc1ccc(OCCN(C)CC2CCCCO2)cc1. The highest BCUT2D eigenvalue weighted by molar-refractivity contribution is 5.31. The van der Waals surface area contributed by atoms with Crippen LogP contribution in [0.15, 0.2) is 24.3 Å². The lowest BCUT2D eigenvalue weighted by atomic mass is 10.1. The number of likely N-dealkylation sites (N-methyl/N-ethyl adjacent to an activating group) is 1. The van der Waals surface area contributed by atoms with Gasteiger partial charge in [-0.25, -0.2) is 0 Å². The van der Waals surface area contributed by atoms with Crippen LogP contribution in [0.2, 0.25) is 0 Å². The first kappa shape index (κ1) is 16.1. The van der Waals surface area contributed by atoms with Gasteiger partial charge in [-0.3, -0.25) is 0 Å². The Bertz CT molecular complexity index is 388. The smallest absolute Gasteiger partial charge is 0.119 e. The lowest BCUT2D eigenvalue weighted by molar-refractivity contribution is -0.00282. The van der Waals surface area contributed by atoms with E-state index in [1.54, 1.807) is 0 Å². The molecule has 0 saturated carbocycles. The van der Waals surface area contributed by atoms with Crippen molar-refractivity contribution in [1.82, 2.24) is 4.90 Å². The zero-order valence-corrected chi connectivity index (χ0v) is 13.2. The van der Waals surface area contributed by atoms with Crippen molar-refractivity contribution in [2.24, 2.45) is 0 Å². The molecule has 21 heavy (non-hydrogen) atoms. The summed E-state index contributed by atoms with van der Waals surface area (Å²) in [5.41, 5.74) is 0. The van der Waals surface area contributed by atoms with Gasteiger partial charge in [0.15, 0.2) is 0 Å². The van der Waals surface area contributed by atoms with E-state index in [9.17, 15) is 0 Å². The first-order valence-corrected chi connectivity index (χ1v) is 7.93. The summed E-state index contributed by atoms with van der Waals surface area (Å²) >= 11 is 0. The highest BCUT2D eigenvalue weighted by Gasteiger charge is 2.15. The highest BCUT2D eigenvalue weighted by Crippen LogP contribution is 2.17. The van der Waals surface area contributed by atoms with Crippen LogP contribution in [0.5, 0.6) is 11.5 Å². The van der Waals surface area contributed by atoms with Gasteiger partial charge in [0, 0.05) is 19.7 Å². The van der Waals surface area contributed by atoms with E-state index < -0.39 is 0 Å². The summed E-state index contributed by atoms with van der Waals surface area (Å²) in [6.45, 7) is 6.18. The van der Waals surface area contributed by atoms with Crippen molar-refractivity contribution in [3.8, 4) is 11.5 Å². The lowest BCUT2D eigenvalue weighted by Gasteiger charge is -2.27. The molecule has 0 radical (unpaired) electrons. The van der Waals surface area contributed by atoms with E-state index in [1.807, 2.05) is 31.2 Å². The quantitative estimate of drug-likeness (QED) is 0.737. The van der Waals surface area contributed by atoms with Gasteiger partial charge < -0.3 is 19.1 Å². The third kappa shape index (κ3) is 5.94. The van der Waals surface area contributed by atoms with E-state index in [1.165, 1.54) is 19.3 Å². The molecule has 4 heteroatoms. The average molecular weight is 293 g/mol. The summed E-state index contributed by atoms with van der Waals surface area (Å²) < 4.78 is 16.9. The van der Waals surface area contributed by atoms with Crippen molar-refractivity contribution >= 4 is 0 Å². The summed E-state index contributed by atoms with van der Waals surface area (Å²) in [5.74, 6) is 1.78.